The van der Waals surface area contributed by atoms with Gasteiger partial charge in [-0.25, -0.2) is 53.3 Å². The van der Waals surface area contributed by atoms with Crippen molar-refractivity contribution in [2.75, 3.05) is 144 Å². The zero-order chi connectivity index (χ0) is 104. The minimum absolute atomic E-state index is 0.0270. The molecule has 6 saturated heterocycles. The third kappa shape index (κ3) is 25.7. The SMILES string of the molecule is CC(=O)C(CO)N1CCC(Cn2ccc3c(N(Cc4ccc(C(F)(F)F)cc4)C4CC4)ncnc32)[C@@H](O)C1.CC(=O)CN1CCC(Cn2ccc3c(N4CCOCC4c4ccc(C(F)(F)F)cn4)ncnc32)CC1.CC(=O)CN1CCC(Cn2ccc3c(N4CCOCC4c4ccc(C(F)(F)F)cn4)ncnc32)[C@@H](F)C1.CCN(Cc1ccc(-n2cccn2)cc1F)c1ncnc2c1ccn2CC1CCN(CC(C)=O)C[C@@H]1O. The van der Waals surface area contributed by atoms with Crippen LogP contribution >= 0.6 is 0 Å². The van der Waals surface area contributed by atoms with E-state index in [-0.39, 0.29) is 85.1 Å². The molecular formula is C104H121F11N24O9. The monoisotopic (exact) mass is 2060 g/mol. The lowest BCUT2D eigenvalue weighted by molar-refractivity contribution is -0.138. The largest absolute Gasteiger partial charge is 0.417 e. The first-order valence-electron chi connectivity index (χ1n) is 50.0. The molecule has 17 heterocycles. The standard InChI is InChI=1S/C27H32F3N5O3.C27H32FN7O2.C25H28F4N6O2.C25H29F3N6O2/c1-17(37)23(15-36)33-10-8-19(24(38)14-33)13-34-11-9-22-25(34)31-16-32-26(22)35(21-6-7-21)12-18-2-4-20(5-3-18)27(28,29)30;1-3-33(15-20-5-6-22(13-24(20)28)35-10-4-9-31-35)26-23-8-12-34(27(23)30-18-29-26)16-21-7-11-32(14-19(2)36)17-25(21)37;1-16(36)11-33-6-4-17(20(26)13-33)12-34-7-5-19-23(34)31-15-32-24(19)35-8-9-37-14-22(35)21-3-2-18(10-30-21)25(27,28)29;1-17(35)13-32-7-4-18(5-8-32)14-33-9-6-20-23(33)30-16-31-24(20)34-10-11-36-15-22(34)21-3-2-19(12-29-21)25(26,27)28/h2-5,9,11,16,19,21,23-24,36,38H,6-8,10,12-15H2,1H3;4-6,8-10,12-13,18,21,25,37H,3,7,11,14-17H2,1-2H3;2-3,5,7,10,15,17,20,22H,4,6,8-9,11-14H2,1H3;2-3,6,9,12,16,18,22H,4-5,7-8,10-11,13-15H2,1H3/t19?,23?,24-;21?,25-;17?,20-,22?;/m000./s1. The number of carbonyl (C=O) groups excluding carboxylic acids is 4. The number of aliphatic hydroxyl groups is 3. The summed E-state index contributed by atoms with van der Waals surface area (Å²) >= 11 is 0. The van der Waals surface area contributed by atoms with Gasteiger partial charge in [0.05, 0.1) is 138 Å². The van der Waals surface area contributed by atoms with E-state index in [1.54, 1.807) is 49.4 Å². The Morgan fingerprint density at radius 3 is 1.41 bits per heavy atom. The van der Waals surface area contributed by atoms with Gasteiger partial charge in [-0.1, -0.05) is 18.2 Å². The summed E-state index contributed by atoms with van der Waals surface area (Å²) < 4.78 is 168. The number of Topliss-reactive ketones (excluding diaryl/α,β-unsaturated/α-hetero) is 4. The molecule has 0 amide bonds. The molecular weight excluding hydrogens is 1940 g/mol. The highest BCUT2D eigenvalue weighted by Gasteiger charge is 2.41. The zero-order valence-electron chi connectivity index (χ0n) is 82.8. The van der Waals surface area contributed by atoms with E-state index in [4.69, 9.17) is 9.47 Å². The Labute approximate surface area is 846 Å². The number of β-amino-alcohol motifs (C(OH)–C–C–N with tert-alkyl or cyclic N) is 2. The summed E-state index contributed by atoms with van der Waals surface area (Å²) in [6.45, 7) is 20.4. The molecule has 9 atom stereocenters. The maximum atomic E-state index is 15.0. The highest BCUT2D eigenvalue weighted by molar-refractivity contribution is 5.91. The molecule has 3 N–H and O–H groups in total. The Balaban J connectivity index is 0.000000135. The fraction of sp³-hybridized carbons (Fsp3) is 0.490. The van der Waals surface area contributed by atoms with E-state index >= 15 is 4.39 Å². The van der Waals surface area contributed by atoms with Gasteiger partial charge in [0.1, 0.15) is 106 Å². The summed E-state index contributed by atoms with van der Waals surface area (Å²) in [6, 6.07) is 23.8. The number of aromatic nitrogens is 16. The number of alkyl halides is 10. The average Bonchev–Trinajstić information content (AvgIpc) is 1.61. The number of nitrogens with zero attached hydrogens (tertiary/aromatic N) is 24. The molecule has 0 spiro atoms. The van der Waals surface area contributed by atoms with Crippen LogP contribution in [0.5, 0.6) is 0 Å². The van der Waals surface area contributed by atoms with Gasteiger partial charge in [-0.2, -0.15) is 44.6 Å². The molecule has 20 rings (SSSR count). The molecule has 1 aliphatic carbocycles. The van der Waals surface area contributed by atoms with E-state index in [0.29, 0.717) is 164 Å². The summed E-state index contributed by atoms with van der Waals surface area (Å²) in [6.07, 6.45) is 9.65. The van der Waals surface area contributed by atoms with Gasteiger partial charge in [0.2, 0.25) is 0 Å². The van der Waals surface area contributed by atoms with E-state index in [1.807, 2.05) is 101 Å². The van der Waals surface area contributed by atoms with Gasteiger partial charge in [-0.3, -0.25) is 48.7 Å². The number of piperidine rings is 4. The van der Waals surface area contributed by atoms with E-state index in [9.17, 15) is 78.4 Å². The van der Waals surface area contributed by atoms with Crippen molar-refractivity contribution in [3.8, 4) is 5.69 Å². The first kappa shape index (κ1) is 106. The van der Waals surface area contributed by atoms with Crippen molar-refractivity contribution < 1.29 is 92.3 Å². The average molecular weight is 2060 g/mol. The van der Waals surface area contributed by atoms with Crippen molar-refractivity contribution in [2.45, 2.75) is 180 Å². The quantitative estimate of drug-likeness (QED) is 0.0352. The number of halogens is 11. The fourth-order valence-electron chi connectivity index (χ4n) is 20.8. The highest BCUT2D eigenvalue weighted by atomic mass is 19.4. The maximum absolute atomic E-state index is 15.0. The lowest BCUT2D eigenvalue weighted by Crippen LogP contribution is -2.52. The number of fused-ring (bicyclic) bond motifs is 4. The van der Waals surface area contributed by atoms with Crippen molar-refractivity contribution in [1.82, 2.24) is 97.5 Å². The van der Waals surface area contributed by atoms with Gasteiger partial charge in [-0.05, 0) is 203 Å². The van der Waals surface area contributed by atoms with Crippen LogP contribution in [0.25, 0.3) is 49.8 Å². The molecule has 788 valence electrons. The van der Waals surface area contributed by atoms with Crippen molar-refractivity contribution in [3.05, 3.63) is 217 Å². The molecule has 44 heteroatoms. The topological polar surface area (TPSA) is 340 Å². The van der Waals surface area contributed by atoms with Gasteiger partial charge in [0.15, 0.2) is 0 Å². The normalized spacial score (nSPS) is 20.9. The third-order valence-electron chi connectivity index (χ3n) is 28.8. The van der Waals surface area contributed by atoms with Crippen LogP contribution < -0.4 is 19.6 Å². The Morgan fingerprint density at radius 2 is 0.946 bits per heavy atom. The second-order valence-corrected chi connectivity index (χ2v) is 39.3. The maximum Gasteiger partial charge on any atom is 0.417 e. The summed E-state index contributed by atoms with van der Waals surface area (Å²) in [4.78, 5) is 107. The number of hydrogen-bond acceptors (Lipinski definition) is 28. The van der Waals surface area contributed by atoms with E-state index in [2.05, 4.69) is 73.9 Å². The van der Waals surface area contributed by atoms with E-state index in [1.165, 1.54) is 63.2 Å². The number of ketones is 4. The Morgan fingerprint density at radius 1 is 0.480 bits per heavy atom. The third-order valence-corrected chi connectivity index (χ3v) is 28.8. The smallest absolute Gasteiger partial charge is 0.394 e. The number of pyridine rings is 2. The number of carbonyl (C=O) groups is 4. The number of rotatable bonds is 30. The van der Waals surface area contributed by atoms with Gasteiger partial charge < -0.3 is 62.7 Å². The first-order chi connectivity index (χ1) is 71.1. The van der Waals surface area contributed by atoms with Crippen LogP contribution in [0.1, 0.15) is 131 Å². The van der Waals surface area contributed by atoms with Crippen LogP contribution in [0.4, 0.5) is 71.6 Å². The number of benzene rings is 2. The van der Waals surface area contributed by atoms with Crippen LogP contribution in [-0.2, 0) is 86.4 Å². The number of morpholine rings is 2. The summed E-state index contributed by atoms with van der Waals surface area (Å²) in [5, 5.41) is 38.7. The second-order valence-electron chi connectivity index (χ2n) is 39.3. The lowest BCUT2D eigenvalue weighted by atomic mass is 9.92. The molecule has 6 unspecified atom stereocenters. The first-order valence-corrected chi connectivity index (χ1v) is 50.0. The van der Waals surface area contributed by atoms with Crippen LogP contribution in [0, 0.1) is 29.5 Å². The van der Waals surface area contributed by atoms with Crippen molar-refractivity contribution in [3.63, 3.8) is 0 Å². The predicted octanol–water partition coefficient (Wildman–Crippen LogP) is 13.7. The van der Waals surface area contributed by atoms with Crippen molar-refractivity contribution in [2.24, 2.45) is 23.7 Å². The highest BCUT2D eigenvalue weighted by Crippen LogP contribution is 2.42. The van der Waals surface area contributed by atoms with Crippen LogP contribution in [0.3, 0.4) is 0 Å². The van der Waals surface area contributed by atoms with Crippen molar-refractivity contribution in [1.29, 1.82) is 0 Å². The van der Waals surface area contributed by atoms with E-state index in [0.717, 1.165) is 156 Å². The minimum atomic E-state index is -4.46. The molecule has 148 heavy (non-hydrogen) atoms. The molecule has 2 aromatic carbocycles. The number of ether oxygens (including phenoxy) is 2. The van der Waals surface area contributed by atoms with E-state index < -0.39 is 65.7 Å². The molecule has 7 fully saturated rings. The lowest BCUT2D eigenvalue weighted by Gasteiger charge is -2.39. The summed E-state index contributed by atoms with van der Waals surface area (Å²) in [5.74, 6) is 3.10. The van der Waals surface area contributed by atoms with Gasteiger partial charge >= 0.3 is 18.5 Å². The van der Waals surface area contributed by atoms with Gasteiger partial charge in [0, 0.05) is 157 Å². The fourth-order valence-corrected chi connectivity index (χ4v) is 20.8. The molecule has 7 aliphatic rings. The zero-order valence-corrected chi connectivity index (χ0v) is 82.8. The molecule has 0 radical (unpaired) electrons. The Hall–Kier alpha value is -12.8. The van der Waals surface area contributed by atoms with Gasteiger partial charge in [-0.15, -0.1) is 0 Å². The number of anilines is 4. The molecule has 33 nitrogen and oxygen atoms in total. The molecule has 11 aromatic heterocycles. The molecule has 13 aromatic rings. The van der Waals surface area contributed by atoms with Crippen LogP contribution in [-0.4, -0.2) is 291 Å². The van der Waals surface area contributed by atoms with Crippen LogP contribution in [0.2, 0.25) is 0 Å². The summed E-state index contributed by atoms with van der Waals surface area (Å²) in [7, 11) is 0. The second kappa shape index (κ2) is 46.9. The number of aliphatic hydroxyl groups excluding tert-OH is 3. The molecule has 0 bridgehead atoms. The number of hydrogen-bond donors (Lipinski definition) is 3. The molecule has 6 aliphatic heterocycles. The summed E-state index contributed by atoms with van der Waals surface area (Å²) in [5.41, 5.74) is 3.75. The Bertz CT molecular complexity index is 6680. The Kier molecular flexibility index (Phi) is 33.8. The minimum Gasteiger partial charge on any atom is -0.394 e. The predicted molar refractivity (Wildman–Crippen MR) is 530 cm³/mol. The van der Waals surface area contributed by atoms with Gasteiger partial charge in [0.25, 0.3) is 0 Å². The van der Waals surface area contributed by atoms with Crippen molar-refractivity contribution >= 4 is 90.5 Å². The van der Waals surface area contributed by atoms with Crippen LogP contribution in [0.15, 0.2) is 172 Å². The number of likely N-dealkylation sites (tertiary alicyclic amines) is 4. The molecule has 1 saturated carbocycles.